The zero-order valence-corrected chi connectivity index (χ0v) is 27.7. The first kappa shape index (κ1) is 41.8. The minimum atomic E-state index is -5.04. The molecule has 0 aromatic carbocycles. The van der Waals surface area contributed by atoms with Gasteiger partial charge in [0.2, 0.25) is 13.6 Å². The molecule has 0 bridgehead atoms. The van der Waals surface area contributed by atoms with Gasteiger partial charge >= 0.3 is 25.8 Å². The Hall–Kier alpha value is -3.38. The molecule has 0 radical (unpaired) electrons. The molecule has 0 aliphatic carbocycles. The Kier molecular flexibility index (Phi) is 17.9. The van der Waals surface area contributed by atoms with E-state index in [0.717, 1.165) is 19.2 Å². The highest BCUT2D eigenvalue weighted by Crippen LogP contribution is 2.53. The van der Waals surface area contributed by atoms with Gasteiger partial charge in [-0.1, -0.05) is 5.18 Å². The lowest BCUT2D eigenvalue weighted by Gasteiger charge is -2.30. The van der Waals surface area contributed by atoms with Gasteiger partial charge in [-0.3, -0.25) is 18.9 Å². The normalized spacial score (nSPS) is 22.1. The van der Waals surface area contributed by atoms with E-state index in [4.69, 9.17) is 46.7 Å². The molecular weight excluding hydrogens is 696 g/mol. The summed E-state index contributed by atoms with van der Waals surface area (Å²) in [6.07, 6.45) is -5.66. The van der Waals surface area contributed by atoms with Crippen LogP contribution in [-0.2, 0) is 60.8 Å². The van der Waals surface area contributed by atoms with Crippen LogP contribution >= 0.6 is 7.82 Å². The number of phosphoric acid groups is 1. The number of aliphatic hydroxyl groups is 1. The molecule has 2 heterocycles. The monoisotopic (exact) mass is 735 g/mol. The Morgan fingerprint density at radius 2 is 1.47 bits per heavy atom. The van der Waals surface area contributed by atoms with Gasteiger partial charge in [0.25, 0.3) is 5.56 Å². The van der Waals surface area contributed by atoms with Crippen molar-refractivity contribution in [3.8, 4) is 0 Å². The van der Waals surface area contributed by atoms with E-state index in [1.54, 1.807) is 0 Å². The molecule has 0 spiro atoms. The van der Waals surface area contributed by atoms with Gasteiger partial charge in [0.05, 0.1) is 46.2 Å². The number of aliphatic hydroxyl groups excluding tert-OH is 1. The van der Waals surface area contributed by atoms with E-state index in [2.05, 4.69) is 14.7 Å². The van der Waals surface area contributed by atoms with Gasteiger partial charge in [0.15, 0.2) is 17.4 Å². The van der Waals surface area contributed by atoms with Crippen molar-refractivity contribution in [1.29, 1.82) is 0 Å². The summed E-state index contributed by atoms with van der Waals surface area (Å²) in [4.78, 5) is 61.5. The van der Waals surface area contributed by atoms with Crippen molar-refractivity contribution in [3.63, 3.8) is 0 Å². The van der Waals surface area contributed by atoms with Gasteiger partial charge in [-0.15, -0.1) is 4.91 Å². The predicted molar refractivity (Wildman–Crippen MR) is 156 cm³/mol. The Labute approximate surface area is 277 Å². The number of hydrogen-bond donors (Lipinski definition) is 2. The highest BCUT2D eigenvalue weighted by atomic mass is 31.2. The molecule has 0 amide bonds. The number of methoxy groups -OCH3 is 2. The number of phosphoric ester groups is 1. The lowest BCUT2D eigenvalue weighted by molar-refractivity contribution is -0.140. The fraction of sp³-hybridized carbons (Fsp3) is 0.760. The Morgan fingerprint density at radius 3 is 1.94 bits per heavy atom. The van der Waals surface area contributed by atoms with Crippen molar-refractivity contribution in [2.45, 2.75) is 30.4 Å². The Bertz CT molecular complexity index is 1310. The number of carbonyl (C=O) groups excluding carboxylic acids is 2. The summed E-state index contributed by atoms with van der Waals surface area (Å²) in [5.74, 6) is 0. The molecule has 0 unspecified atom stereocenters. The van der Waals surface area contributed by atoms with Crippen molar-refractivity contribution >= 4 is 20.1 Å². The van der Waals surface area contributed by atoms with Gasteiger partial charge in [0, 0.05) is 26.5 Å². The van der Waals surface area contributed by atoms with Crippen LogP contribution in [-0.4, -0.2) is 138 Å². The van der Waals surface area contributed by atoms with Gasteiger partial charge in [-0.05, 0) is 6.92 Å². The van der Waals surface area contributed by atoms with Crippen molar-refractivity contribution in [3.05, 3.63) is 38.0 Å². The fourth-order valence-corrected chi connectivity index (χ4v) is 4.86. The van der Waals surface area contributed by atoms with Gasteiger partial charge < -0.3 is 47.7 Å². The van der Waals surface area contributed by atoms with Crippen LogP contribution in [0.5, 0.6) is 0 Å². The maximum absolute atomic E-state index is 14.6. The van der Waals surface area contributed by atoms with Crippen LogP contribution in [0.25, 0.3) is 0 Å². The third kappa shape index (κ3) is 12.8. The zero-order chi connectivity index (χ0) is 36.3. The Morgan fingerprint density at radius 1 is 0.939 bits per heavy atom. The summed E-state index contributed by atoms with van der Waals surface area (Å²) >= 11 is 0. The maximum atomic E-state index is 14.6. The molecular formula is C25H39FN3O19P. The third-order valence-corrected chi connectivity index (χ3v) is 7.71. The molecule has 1 aromatic heterocycles. The highest BCUT2D eigenvalue weighted by Gasteiger charge is 2.65. The first-order valence-corrected chi connectivity index (χ1v) is 15.7. The van der Waals surface area contributed by atoms with E-state index in [1.807, 2.05) is 4.98 Å². The second-order valence-electron chi connectivity index (χ2n) is 9.82. The minimum absolute atomic E-state index is 0.00879. The summed E-state index contributed by atoms with van der Waals surface area (Å²) in [5.41, 5.74) is -6.73. The number of alkyl halides is 1. The first-order chi connectivity index (χ1) is 23.4. The Balaban J connectivity index is 2.11. The number of carbonyl (C=O) groups is 2. The predicted octanol–water partition coefficient (Wildman–Crippen LogP) is 0.365. The summed E-state index contributed by atoms with van der Waals surface area (Å²) in [5, 5.41) is 13.9. The molecule has 0 saturated carbocycles. The smallest absolute Gasteiger partial charge is 0.432 e. The summed E-state index contributed by atoms with van der Waals surface area (Å²) < 4.78 is 87.9. The van der Waals surface area contributed by atoms with E-state index in [9.17, 15) is 38.1 Å². The molecule has 1 aliphatic heterocycles. The second-order valence-corrected chi connectivity index (χ2v) is 11.5. The third-order valence-electron chi connectivity index (χ3n) is 6.43. The van der Waals surface area contributed by atoms with E-state index < -0.39 is 81.7 Å². The molecule has 22 nitrogen and oxygen atoms in total. The quantitative estimate of drug-likeness (QED) is 0.0477. The number of ether oxygens (including phenoxy) is 9. The summed E-state index contributed by atoms with van der Waals surface area (Å²) in [6.45, 7) is -3.53. The molecule has 1 aromatic rings. The van der Waals surface area contributed by atoms with E-state index >= 15 is 0 Å². The van der Waals surface area contributed by atoms with Gasteiger partial charge in [-0.2, -0.15) is 0 Å². The molecule has 280 valence electrons. The van der Waals surface area contributed by atoms with Crippen molar-refractivity contribution in [1.82, 2.24) is 9.55 Å². The van der Waals surface area contributed by atoms with Crippen molar-refractivity contribution < 1.29 is 79.9 Å². The second kappa shape index (κ2) is 21.0. The molecule has 1 saturated heterocycles. The average molecular weight is 736 g/mol. The van der Waals surface area contributed by atoms with Crippen LogP contribution in [0.4, 0.5) is 14.0 Å². The highest BCUT2D eigenvalue weighted by molar-refractivity contribution is 7.48. The number of H-pyrrole nitrogens is 1. The molecule has 49 heavy (non-hydrogen) atoms. The van der Waals surface area contributed by atoms with Crippen LogP contribution in [0.1, 0.15) is 13.2 Å². The maximum Gasteiger partial charge on any atom is 0.510 e. The van der Waals surface area contributed by atoms with E-state index in [-0.39, 0.29) is 39.6 Å². The van der Waals surface area contributed by atoms with Gasteiger partial charge in [0.1, 0.15) is 26.0 Å². The SMILES string of the molecule is COCCOCCOC(=O)OCOP(=O)(OCOC(=O)OCCOCCOC)OC[C@@]1(CF)O[C@@H](n2ccc(=O)[nH]c2=O)[C@](C)(N=O)[C@@H]1O. The summed E-state index contributed by atoms with van der Waals surface area (Å²) in [6, 6.07) is 0.892. The van der Waals surface area contributed by atoms with E-state index in [0.29, 0.717) is 17.8 Å². The summed E-state index contributed by atoms with van der Waals surface area (Å²) in [7, 11) is -2.10. The van der Waals surface area contributed by atoms with Crippen LogP contribution in [0.2, 0.25) is 0 Å². The number of nitrogens with zero attached hydrogens (tertiary/aromatic N) is 2. The van der Waals surface area contributed by atoms with Gasteiger partial charge in [-0.25, -0.2) is 32.4 Å². The largest absolute Gasteiger partial charge is 0.510 e. The molecule has 1 fully saturated rings. The first-order valence-electron chi connectivity index (χ1n) is 14.2. The number of hydrogen-bond acceptors (Lipinski definition) is 20. The zero-order valence-electron chi connectivity index (χ0n) is 26.8. The van der Waals surface area contributed by atoms with Crippen LogP contribution in [0.3, 0.4) is 0 Å². The lowest BCUT2D eigenvalue weighted by Crippen LogP contribution is -2.52. The average Bonchev–Trinajstić information content (AvgIpc) is 3.30. The lowest BCUT2D eigenvalue weighted by atomic mass is 9.86. The minimum Gasteiger partial charge on any atom is -0.432 e. The van der Waals surface area contributed by atoms with Crippen LogP contribution < -0.4 is 11.2 Å². The molecule has 4 atom stereocenters. The fourth-order valence-electron chi connectivity index (χ4n) is 3.89. The number of aromatic amines is 1. The molecule has 24 heteroatoms. The molecule has 1 aliphatic rings. The molecule has 2 rings (SSSR count). The van der Waals surface area contributed by atoms with Crippen LogP contribution in [0.15, 0.2) is 27.0 Å². The van der Waals surface area contributed by atoms with Crippen molar-refractivity contribution in [2.24, 2.45) is 5.18 Å². The van der Waals surface area contributed by atoms with E-state index in [1.165, 1.54) is 14.2 Å². The molecule has 2 N–H and O–H groups in total. The number of rotatable bonds is 24. The number of nitrogens with one attached hydrogen (secondary N) is 1. The number of aromatic nitrogens is 2. The number of halogens is 1. The van der Waals surface area contributed by atoms with Crippen LogP contribution in [0, 0.1) is 4.91 Å². The number of nitroso groups, excluding NO2 is 1. The topological polar surface area (TPSA) is 266 Å². The standard InChI is InChI=1S/C25H39FN3O19P/c1-24(28-35)19(31)25(14-26,48-20(24)29-5-4-18(30)27-21(29)32)15-45-49(36,46-16-43-22(33)41-12-10-39-8-6-37-2)47-17-44-23(34)42-13-11-40-9-7-38-3/h4-5,19-20,31H,6-17H2,1-3H3,(H,27,30,32)/t19-,20+,24+,25+/m0/s1. The van der Waals surface area contributed by atoms with Crippen molar-refractivity contribution in [2.75, 3.05) is 93.9 Å².